The molecule has 1 spiro atoms. The van der Waals surface area contributed by atoms with E-state index in [4.69, 9.17) is 14.2 Å². The number of rotatable bonds is 4. The van der Waals surface area contributed by atoms with E-state index in [1.165, 1.54) is 19.8 Å². The highest BCUT2D eigenvalue weighted by molar-refractivity contribution is 5.89. The molecule has 1 saturated heterocycles. The van der Waals surface area contributed by atoms with Gasteiger partial charge in [-0.1, -0.05) is 45.4 Å². The average Bonchev–Trinajstić information content (AvgIpc) is 3.60. The molecule has 1 heterocycles. The molecule has 1 aromatic rings. The van der Waals surface area contributed by atoms with Crippen molar-refractivity contribution < 1.29 is 23.8 Å². The maximum atomic E-state index is 13.3. The number of hydrogen-bond acceptors (Lipinski definition) is 5. The second-order valence-corrected chi connectivity index (χ2v) is 12.7. The molecular weight excluding hydrogens is 428 g/mol. The first-order valence-corrected chi connectivity index (χ1v) is 13.2. The minimum atomic E-state index is -0.200. The third-order valence-electron chi connectivity index (χ3n) is 11.0. The monoisotopic (exact) mass is 466 g/mol. The Hall–Kier alpha value is -1.88. The lowest BCUT2D eigenvalue weighted by Crippen LogP contribution is -2.64. The SMILES string of the molecule is CC(=O)OC[C@@]1(C)CCC[C@]2(C)[C@@H]1CC[C@]13[C@@H]4O[C@@H]4[C@](C)(CC[C@@H]21)[C@@H]3OC(=O)c1ccccc1. The Morgan fingerprint density at radius 3 is 2.41 bits per heavy atom. The number of hydrogen-bond donors (Lipinski definition) is 0. The summed E-state index contributed by atoms with van der Waals surface area (Å²) in [4.78, 5) is 24.9. The van der Waals surface area contributed by atoms with Gasteiger partial charge in [0.05, 0.1) is 24.4 Å². The summed E-state index contributed by atoms with van der Waals surface area (Å²) in [6.45, 7) is 9.14. The molecule has 4 saturated carbocycles. The van der Waals surface area contributed by atoms with Gasteiger partial charge in [0.2, 0.25) is 0 Å². The molecule has 2 bridgehead atoms. The number of benzene rings is 1. The molecule has 0 N–H and O–H groups in total. The molecule has 5 aliphatic rings. The topological polar surface area (TPSA) is 65.1 Å². The highest BCUT2D eigenvalue weighted by Gasteiger charge is 2.82. The second kappa shape index (κ2) is 7.32. The third-order valence-corrected chi connectivity index (χ3v) is 11.0. The lowest BCUT2D eigenvalue weighted by atomic mass is 9.39. The highest BCUT2D eigenvalue weighted by Crippen LogP contribution is 2.78. The fourth-order valence-corrected chi connectivity index (χ4v) is 9.64. The van der Waals surface area contributed by atoms with E-state index in [0.717, 1.165) is 32.1 Å². The predicted molar refractivity (Wildman–Crippen MR) is 127 cm³/mol. The van der Waals surface area contributed by atoms with Crippen LogP contribution in [-0.4, -0.2) is 36.9 Å². The molecule has 1 aliphatic heterocycles. The van der Waals surface area contributed by atoms with Crippen LogP contribution in [0.1, 0.15) is 83.0 Å². The summed E-state index contributed by atoms with van der Waals surface area (Å²) >= 11 is 0. The van der Waals surface area contributed by atoms with Crippen LogP contribution in [0.15, 0.2) is 30.3 Å². The van der Waals surface area contributed by atoms with Gasteiger partial charge in [-0.3, -0.25) is 4.79 Å². The van der Waals surface area contributed by atoms with Crippen molar-refractivity contribution in [1.82, 2.24) is 0 Å². The largest absolute Gasteiger partial charge is 0.465 e. The van der Waals surface area contributed by atoms with Crippen molar-refractivity contribution in [2.75, 3.05) is 6.61 Å². The number of carbonyl (C=O) groups excluding carboxylic acids is 2. The van der Waals surface area contributed by atoms with Gasteiger partial charge in [0, 0.05) is 23.2 Å². The zero-order chi connectivity index (χ0) is 23.9. The van der Waals surface area contributed by atoms with Crippen molar-refractivity contribution in [1.29, 1.82) is 0 Å². The van der Waals surface area contributed by atoms with Crippen LogP contribution in [0.3, 0.4) is 0 Å². The van der Waals surface area contributed by atoms with Crippen molar-refractivity contribution in [2.45, 2.75) is 91.0 Å². The van der Waals surface area contributed by atoms with E-state index in [1.807, 2.05) is 30.3 Å². The van der Waals surface area contributed by atoms with Crippen molar-refractivity contribution in [3.8, 4) is 0 Å². The van der Waals surface area contributed by atoms with E-state index in [-0.39, 0.29) is 51.9 Å². The zero-order valence-electron chi connectivity index (χ0n) is 21.0. The molecular formula is C29H38O5. The lowest BCUT2D eigenvalue weighted by Gasteiger charge is -2.66. The molecule has 6 rings (SSSR count). The summed E-state index contributed by atoms with van der Waals surface area (Å²) in [6, 6.07) is 9.42. The van der Waals surface area contributed by atoms with Crippen LogP contribution in [0.4, 0.5) is 0 Å². The molecule has 5 fully saturated rings. The van der Waals surface area contributed by atoms with Crippen molar-refractivity contribution >= 4 is 11.9 Å². The number of ether oxygens (including phenoxy) is 3. The predicted octanol–water partition coefficient (Wildman–Crippen LogP) is 5.57. The van der Waals surface area contributed by atoms with E-state index in [1.54, 1.807) is 0 Å². The quantitative estimate of drug-likeness (QED) is 0.429. The average molecular weight is 467 g/mol. The smallest absolute Gasteiger partial charge is 0.338 e. The van der Waals surface area contributed by atoms with Gasteiger partial charge in [-0.15, -0.1) is 0 Å². The van der Waals surface area contributed by atoms with Gasteiger partial charge in [-0.2, -0.15) is 0 Å². The first-order valence-electron chi connectivity index (χ1n) is 13.2. The number of fused-ring (bicyclic) bond motifs is 5. The van der Waals surface area contributed by atoms with Gasteiger partial charge >= 0.3 is 11.9 Å². The molecule has 0 unspecified atom stereocenters. The van der Waals surface area contributed by atoms with Crippen LogP contribution in [-0.2, 0) is 19.0 Å². The minimum absolute atomic E-state index is 0.000341. The summed E-state index contributed by atoms with van der Waals surface area (Å²) in [6.07, 6.45) is 8.07. The van der Waals surface area contributed by atoms with Gasteiger partial charge < -0.3 is 14.2 Å². The lowest BCUT2D eigenvalue weighted by molar-refractivity contribution is -0.228. The zero-order valence-corrected chi connectivity index (χ0v) is 21.0. The Bertz CT molecular complexity index is 1010. The summed E-state index contributed by atoms with van der Waals surface area (Å²) < 4.78 is 18.5. The molecule has 0 amide bonds. The standard InChI is InChI=1S/C29H38O5/c1-18(30)32-17-26(2)13-8-14-27(3)20(26)12-16-29-21(27)11-15-28(4,22-23(29)33-22)25(29)34-24(31)19-9-6-5-7-10-19/h5-7,9-10,20-23,25H,8,11-17H2,1-4H3/t20-,21+,22+,23-,25+,26-,27-,28+,29-/m1/s1. The first kappa shape index (κ1) is 22.6. The van der Waals surface area contributed by atoms with E-state index in [9.17, 15) is 9.59 Å². The normalized spacial score (nSPS) is 48.2. The van der Waals surface area contributed by atoms with Crippen LogP contribution in [0, 0.1) is 33.5 Å². The van der Waals surface area contributed by atoms with Gasteiger partial charge in [0.1, 0.15) is 6.10 Å². The molecule has 184 valence electrons. The van der Waals surface area contributed by atoms with Crippen molar-refractivity contribution in [3.05, 3.63) is 35.9 Å². The minimum Gasteiger partial charge on any atom is -0.465 e. The fraction of sp³-hybridized carbons (Fsp3) is 0.724. The maximum Gasteiger partial charge on any atom is 0.338 e. The Morgan fingerprint density at radius 1 is 0.941 bits per heavy atom. The van der Waals surface area contributed by atoms with Crippen molar-refractivity contribution in [3.63, 3.8) is 0 Å². The Morgan fingerprint density at radius 2 is 1.68 bits per heavy atom. The van der Waals surface area contributed by atoms with E-state index >= 15 is 0 Å². The Labute approximate surface area is 202 Å². The molecule has 9 atom stereocenters. The molecule has 5 nitrogen and oxygen atoms in total. The van der Waals surface area contributed by atoms with Crippen molar-refractivity contribution in [2.24, 2.45) is 33.5 Å². The fourth-order valence-electron chi connectivity index (χ4n) is 9.64. The third kappa shape index (κ3) is 2.88. The number of epoxide rings is 1. The van der Waals surface area contributed by atoms with Crippen LogP contribution in [0.5, 0.6) is 0 Å². The number of carbonyl (C=O) groups is 2. The van der Waals surface area contributed by atoms with Crippen LogP contribution in [0.25, 0.3) is 0 Å². The molecule has 34 heavy (non-hydrogen) atoms. The molecule has 4 aliphatic carbocycles. The van der Waals surface area contributed by atoms with Gasteiger partial charge in [-0.05, 0) is 67.9 Å². The maximum absolute atomic E-state index is 13.3. The Balaban J connectivity index is 1.35. The molecule has 0 aromatic heterocycles. The second-order valence-electron chi connectivity index (χ2n) is 12.7. The van der Waals surface area contributed by atoms with Crippen LogP contribution in [0.2, 0.25) is 0 Å². The Kier molecular flexibility index (Phi) is 4.86. The van der Waals surface area contributed by atoms with Crippen LogP contribution >= 0.6 is 0 Å². The van der Waals surface area contributed by atoms with Gasteiger partial charge in [0.25, 0.3) is 0 Å². The summed E-state index contributed by atoms with van der Waals surface area (Å²) in [5.74, 6) is 0.562. The van der Waals surface area contributed by atoms with Crippen LogP contribution < -0.4 is 0 Å². The summed E-state index contributed by atoms with van der Waals surface area (Å²) in [5, 5.41) is 0. The van der Waals surface area contributed by atoms with E-state index in [2.05, 4.69) is 20.8 Å². The molecule has 5 heteroatoms. The number of esters is 2. The summed E-state index contributed by atoms with van der Waals surface area (Å²) in [5.41, 5.74) is 0.549. The first-order chi connectivity index (χ1) is 16.2. The van der Waals surface area contributed by atoms with E-state index < -0.39 is 0 Å². The summed E-state index contributed by atoms with van der Waals surface area (Å²) in [7, 11) is 0. The van der Waals surface area contributed by atoms with Gasteiger partial charge in [0.15, 0.2) is 0 Å². The highest BCUT2D eigenvalue weighted by atomic mass is 16.6. The molecule has 1 aromatic carbocycles. The van der Waals surface area contributed by atoms with E-state index in [0.29, 0.717) is 24.0 Å². The molecule has 0 radical (unpaired) electrons. The van der Waals surface area contributed by atoms with Gasteiger partial charge in [-0.25, -0.2) is 4.79 Å².